The topological polar surface area (TPSA) is 22.0 Å². The number of hydrogen-bond donors (Lipinski definition) is 0. The van der Waals surface area contributed by atoms with Crippen molar-refractivity contribution in [2.24, 2.45) is 7.05 Å². The standard InChI is InChI=1S/C13H11NOS/c1-8-12-11(7-14(8)2)16-10-6-4-3-5-9(10)13(12)15/h3-7H,1-2H3. The zero-order valence-electron chi connectivity index (χ0n) is 9.15. The fourth-order valence-electron chi connectivity index (χ4n) is 2.04. The molecule has 0 bridgehead atoms. The quantitative estimate of drug-likeness (QED) is 0.580. The van der Waals surface area contributed by atoms with Crippen LogP contribution in [0.25, 0.3) is 20.2 Å². The Balaban J connectivity index is 2.67. The molecule has 0 aliphatic heterocycles. The van der Waals surface area contributed by atoms with Gasteiger partial charge in [0.15, 0.2) is 5.43 Å². The summed E-state index contributed by atoms with van der Waals surface area (Å²) >= 11 is 1.68. The van der Waals surface area contributed by atoms with Gasteiger partial charge in [0.2, 0.25) is 0 Å². The van der Waals surface area contributed by atoms with Crippen LogP contribution < -0.4 is 5.43 Å². The summed E-state index contributed by atoms with van der Waals surface area (Å²) in [5, 5.41) is 1.69. The normalized spacial score (nSPS) is 11.4. The predicted molar refractivity (Wildman–Crippen MR) is 69.3 cm³/mol. The number of rotatable bonds is 0. The molecule has 0 N–H and O–H groups in total. The van der Waals surface area contributed by atoms with E-state index in [4.69, 9.17) is 0 Å². The molecule has 0 fully saturated rings. The van der Waals surface area contributed by atoms with Crippen molar-refractivity contribution in [1.29, 1.82) is 0 Å². The van der Waals surface area contributed by atoms with Gasteiger partial charge >= 0.3 is 0 Å². The largest absolute Gasteiger partial charge is 0.353 e. The lowest BCUT2D eigenvalue weighted by molar-refractivity contribution is 0.889. The van der Waals surface area contributed by atoms with E-state index in [0.29, 0.717) is 0 Å². The number of nitrogens with zero attached hydrogens (tertiary/aromatic N) is 1. The maximum atomic E-state index is 12.3. The second-order valence-electron chi connectivity index (χ2n) is 3.99. The highest BCUT2D eigenvalue weighted by molar-refractivity contribution is 7.24. The number of benzene rings is 1. The molecular weight excluding hydrogens is 218 g/mol. The lowest BCUT2D eigenvalue weighted by Crippen LogP contribution is -2.01. The van der Waals surface area contributed by atoms with E-state index in [1.807, 2.05) is 49.0 Å². The first kappa shape index (κ1) is 9.60. The summed E-state index contributed by atoms with van der Waals surface area (Å²) in [5.74, 6) is 0. The Hall–Kier alpha value is -1.61. The van der Waals surface area contributed by atoms with Crippen LogP contribution in [0.3, 0.4) is 0 Å². The Bertz CT molecular complexity index is 752. The van der Waals surface area contributed by atoms with E-state index in [2.05, 4.69) is 0 Å². The van der Waals surface area contributed by atoms with Gasteiger partial charge < -0.3 is 4.57 Å². The van der Waals surface area contributed by atoms with Crippen LogP contribution in [-0.4, -0.2) is 4.57 Å². The summed E-state index contributed by atoms with van der Waals surface area (Å²) < 4.78 is 4.15. The highest BCUT2D eigenvalue weighted by Gasteiger charge is 2.10. The first-order chi connectivity index (χ1) is 7.68. The smallest absolute Gasteiger partial charge is 0.197 e. The van der Waals surface area contributed by atoms with Gasteiger partial charge in [-0.25, -0.2) is 0 Å². The molecule has 0 aliphatic carbocycles. The van der Waals surface area contributed by atoms with Gasteiger partial charge in [0.05, 0.1) is 10.1 Å². The minimum Gasteiger partial charge on any atom is -0.353 e. The zero-order chi connectivity index (χ0) is 11.3. The van der Waals surface area contributed by atoms with Crippen molar-refractivity contribution in [2.45, 2.75) is 6.92 Å². The van der Waals surface area contributed by atoms with Crippen molar-refractivity contribution >= 4 is 31.5 Å². The van der Waals surface area contributed by atoms with Gasteiger partial charge in [-0.15, -0.1) is 11.3 Å². The predicted octanol–water partition coefficient (Wildman–Crippen LogP) is 3.06. The Morgan fingerprint density at radius 3 is 2.75 bits per heavy atom. The first-order valence-corrected chi connectivity index (χ1v) is 5.97. The summed E-state index contributed by atoms with van der Waals surface area (Å²) in [6.45, 7) is 1.99. The maximum absolute atomic E-state index is 12.3. The molecule has 0 radical (unpaired) electrons. The molecule has 0 saturated carbocycles. The van der Waals surface area contributed by atoms with Gasteiger partial charge in [-0.1, -0.05) is 12.1 Å². The highest BCUT2D eigenvalue weighted by Crippen LogP contribution is 2.26. The lowest BCUT2D eigenvalue weighted by atomic mass is 10.2. The average molecular weight is 229 g/mol. The van der Waals surface area contributed by atoms with E-state index in [1.54, 1.807) is 11.3 Å². The van der Waals surface area contributed by atoms with Crippen molar-refractivity contribution in [2.75, 3.05) is 0 Å². The van der Waals surface area contributed by atoms with Gasteiger partial charge in [0.25, 0.3) is 0 Å². The number of fused-ring (bicyclic) bond motifs is 2. The average Bonchev–Trinajstić information content (AvgIpc) is 2.55. The van der Waals surface area contributed by atoms with Gasteiger partial charge in [-0.05, 0) is 19.1 Å². The molecule has 2 heterocycles. The molecule has 3 rings (SSSR count). The van der Waals surface area contributed by atoms with E-state index in [9.17, 15) is 4.79 Å². The molecule has 0 amide bonds. The molecule has 3 heteroatoms. The molecule has 16 heavy (non-hydrogen) atoms. The van der Waals surface area contributed by atoms with Crippen LogP contribution in [0.1, 0.15) is 5.69 Å². The third kappa shape index (κ3) is 1.15. The Kier molecular flexibility index (Phi) is 1.91. The van der Waals surface area contributed by atoms with E-state index >= 15 is 0 Å². The van der Waals surface area contributed by atoms with Crippen LogP contribution in [0, 0.1) is 6.92 Å². The molecular formula is C13H11NOS. The summed E-state index contributed by atoms with van der Waals surface area (Å²) in [4.78, 5) is 12.3. The molecule has 80 valence electrons. The first-order valence-electron chi connectivity index (χ1n) is 5.16. The third-order valence-corrected chi connectivity index (χ3v) is 4.13. The molecule has 1 aromatic carbocycles. The Labute approximate surface area is 96.8 Å². The molecule has 3 aromatic rings. The Morgan fingerprint density at radius 2 is 1.94 bits per heavy atom. The zero-order valence-corrected chi connectivity index (χ0v) is 9.97. The number of hydrogen-bond acceptors (Lipinski definition) is 2. The van der Waals surface area contributed by atoms with Gasteiger partial charge in [-0.2, -0.15) is 0 Å². The summed E-state index contributed by atoms with van der Waals surface area (Å²) in [6, 6.07) is 7.80. The van der Waals surface area contributed by atoms with Crippen LogP contribution in [0.15, 0.2) is 35.3 Å². The van der Waals surface area contributed by atoms with Crippen LogP contribution >= 0.6 is 11.3 Å². The van der Waals surface area contributed by atoms with Gasteiger partial charge in [-0.3, -0.25) is 4.79 Å². The molecule has 2 aromatic heterocycles. The number of aromatic nitrogens is 1. The van der Waals surface area contributed by atoms with Crippen LogP contribution in [-0.2, 0) is 7.05 Å². The van der Waals surface area contributed by atoms with Crippen LogP contribution in [0.5, 0.6) is 0 Å². The minimum absolute atomic E-state index is 0.155. The van der Waals surface area contributed by atoms with E-state index in [0.717, 1.165) is 25.9 Å². The molecule has 0 atom stereocenters. The van der Waals surface area contributed by atoms with E-state index in [1.165, 1.54) is 0 Å². The molecule has 0 unspecified atom stereocenters. The van der Waals surface area contributed by atoms with Crippen LogP contribution in [0.4, 0.5) is 0 Å². The minimum atomic E-state index is 0.155. The molecule has 0 saturated heterocycles. The molecule has 0 spiro atoms. The second-order valence-corrected chi connectivity index (χ2v) is 5.08. The van der Waals surface area contributed by atoms with Crippen molar-refractivity contribution in [3.63, 3.8) is 0 Å². The van der Waals surface area contributed by atoms with Crippen LogP contribution in [0.2, 0.25) is 0 Å². The SMILES string of the molecule is Cc1c2c(=O)c3ccccc3sc2cn1C. The number of aryl methyl sites for hydroxylation is 2. The van der Waals surface area contributed by atoms with E-state index < -0.39 is 0 Å². The third-order valence-electron chi connectivity index (χ3n) is 3.03. The fourth-order valence-corrected chi connectivity index (χ4v) is 3.25. The summed E-state index contributed by atoms with van der Waals surface area (Å²) in [7, 11) is 1.98. The lowest BCUT2D eigenvalue weighted by Gasteiger charge is -1.97. The fraction of sp³-hybridized carbons (Fsp3) is 0.154. The molecule has 2 nitrogen and oxygen atoms in total. The highest BCUT2D eigenvalue weighted by atomic mass is 32.1. The summed E-state index contributed by atoms with van der Waals surface area (Å²) in [6.07, 6.45) is 2.03. The van der Waals surface area contributed by atoms with Crippen molar-refractivity contribution in [3.8, 4) is 0 Å². The second kappa shape index (κ2) is 3.19. The van der Waals surface area contributed by atoms with Crippen molar-refractivity contribution in [1.82, 2.24) is 4.57 Å². The monoisotopic (exact) mass is 229 g/mol. The molecule has 0 aliphatic rings. The van der Waals surface area contributed by atoms with E-state index in [-0.39, 0.29) is 5.43 Å². The summed E-state index contributed by atoms with van der Waals surface area (Å²) in [5.41, 5.74) is 1.20. The van der Waals surface area contributed by atoms with Gasteiger partial charge in [0, 0.05) is 29.0 Å². The van der Waals surface area contributed by atoms with Gasteiger partial charge in [0.1, 0.15) is 0 Å². The van der Waals surface area contributed by atoms with Crippen molar-refractivity contribution < 1.29 is 0 Å². The van der Waals surface area contributed by atoms with Crippen molar-refractivity contribution in [3.05, 3.63) is 46.4 Å². The Morgan fingerprint density at radius 1 is 1.19 bits per heavy atom. The maximum Gasteiger partial charge on any atom is 0.197 e.